The number of aromatic nitrogens is 4. The lowest BCUT2D eigenvalue weighted by atomic mass is 10.1. The number of rotatable bonds is 4. The van der Waals surface area contributed by atoms with Crippen LogP contribution in [-0.4, -0.2) is 39.7 Å². The van der Waals surface area contributed by atoms with Crippen molar-refractivity contribution in [1.82, 2.24) is 20.0 Å². The number of hydrogen-bond donors (Lipinski definition) is 0. The van der Waals surface area contributed by atoms with E-state index in [0.717, 1.165) is 0 Å². The van der Waals surface area contributed by atoms with Gasteiger partial charge in [-0.25, -0.2) is 4.68 Å². The molecule has 0 radical (unpaired) electrons. The van der Waals surface area contributed by atoms with Crippen LogP contribution in [0.25, 0.3) is 17.3 Å². The average molecular weight is 452 g/mol. The Labute approximate surface area is 188 Å². The summed E-state index contributed by atoms with van der Waals surface area (Å²) in [7, 11) is 1.70. The first kappa shape index (κ1) is 20.1. The first-order chi connectivity index (χ1) is 15.4. The van der Waals surface area contributed by atoms with Gasteiger partial charge in [-0.2, -0.15) is 5.10 Å². The van der Waals surface area contributed by atoms with Gasteiger partial charge in [0.25, 0.3) is 11.8 Å². The molecule has 0 N–H and O–H groups in total. The van der Waals surface area contributed by atoms with Crippen LogP contribution >= 0.6 is 11.6 Å². The molecule has 0 bridgehead atoms. The number of fused-ring (bicyclic) bond motifs is 1. The van der Waals surface area contributed by atoms with Crippen molar-refractivity contribution in [3.05, 3.63) is 64.6 Å². The molecule has 32 heavy (non-hydrogen) atoms. The van der Waals surface area contributed by atoms with Crippen LogP contribution in [0.4, 0.5) is 5.69 Å². The molecule has 10 heteroatoms. The highest BCUT2D eigenvalue weighted by Gasteiger charge is 2.23. The van der Waals surface area contributed by atoms with Crippen LogP contribution in [-0.2, 0) is 0 Å². The van der Waals surface area contributed by atoms with E-state index in [9.17, 15) is 4.79 Å². The Kier molecular flexibility index (Phi) is 4.82. The number of anilines is 1. The number of carbonyl (C=O) groups is 1. The second kappa shape index (κ2) is 7.69. The zero-order valence-electron chi connectivity index (χ0n) is 17.5. The predicted octanol–water partition coefficient (Wildman–Crippen LogP) is 4.20. The van der Waals surface area contributed by atoms with E-state index in [1.807, 2.05) is 12.1 Å². The standard InChI is InChI=1S/C22H18ClN5O4/c1-12-19(23)20(21-25-24-13(2)32-21)28(26-12)16-6-4-5-14(9-16)22(29)27(3)15-7-8-17-18(10-15)31-11-30-17/h4-10H,11H2,1-3H3. The summed E-state index contributed by atoms with van der Waals surface area (Å²) in [6, 6.07) is 12.4. The summed E-state index contributed by atoms with van der Waals surface area (Å²) in [4.78, 5) is 14.8. The first-order valence-electron chi connectivity index (χ1n) is 9.76. The van der Waals surface area contributed by atoms with E-state index in [1.54, 1.807) is 60.8 Å². The molecule has 1 amide bonds. The Hall–Kier alpha value is -3.85. The predicted molar refractivity (Wildman–Crippen MR) is 117 cm³/mol. The molecule has 0 unspecified atom stereocenters. The molecule has 0 saturated carbocycles. The fourth-order valence-electron chi connectivity index (χ4n) is 3.45. The van der Waals surface area contributed by atoms with E-state index in [0.29, 0.717) is 50.7 Å². The molecule has 0 fully saturated rings. The minimum absolute atomic E-state index is 0.173. The maximum Gasteiger partial charge on any atom is 0.267 e. The van der Waals surface area contributed by atoms with Crippen molar-refractivity contribution in [3.8, 4) is 28.8 Å². The van der Waals surface area contributed by atoms with Gasteiger partial charge >= 0.3 is 0 Å². The van der Waals surface area contributed by atoms with E-state index < -0.39 is 0 Å². The number of ether oxygens (including phenoxy) is 2. The second-order valence-corrected chi connectivity index (χ2v) is 7.62. The minimum Gasteiger partial charge on any atom is -0.454 e. The molecule has 0 spiro atoms. The lowest BCUT2D eigenvalue weighted by Crippen LogP contribution is -2.26. The van der Waals surface area contributed by atoms with Gasteiger partial charge in [-0.3, -0.25) is 4.79 Å². The molecular weight excluding hydrogens is 434 g/mol. The lowest BCUT2D eigenvalue weighted by Gasteiger charge is -2.18. The first-order valence-corrected chi connectivity index (χ1v) is 10.1. The van der Waals surface area contributed by atoms with Crippen molar-refractivity contribution >= 4 is 23.2 Å². The van der Waals surface area contributed by atoms with Gasteiger partial charge in [0.05, 0.1) is 16.4 Å². The van der Waals surface area contributed by atoms with Crippen LogP contribution in [0.3, 0.4) is 0 Å². The molecule has 9 nitrogen and oxygen atoms in total. The Morgan fingerprint density at radius 2 is 1.91 bits per heavy atom. The van der Waals surface area contributed by atoms with Crippen molar-refractivity contribution in [2.75, 3.05) is 18.7 Å². The van der Waals surface area contributed by atoms with Crippen LogP contribution in [0.1, 0.15) is 21.9 Å². The van der Waals surface area contributed by atoms with E-state index in [-0.39, 0.29) is 18.6 Å². The summed E-state index contributed by atoms with van der Waals surface area (Å²) in [5, 5.41) is 12.9. The Balaban J connectivity index is 1.50. The van der Waals surface area contributed by atoms with Crippen molar-refractivity contribution in [2.45, 2.75) is 13.8 Å². The summed E-state index contributed by atoms with van der Waals surface area (Å²) >= 11 is 6.48. The highest BCUT2D eigenvalue weighted by Crippen LogP contribution is 2.36. The number of aryl methyl sites for hydroxylation is 2. The van der Waals surface area contributed by atoms with Crippen LogP contribution < -0.4 is 14.4 Å². The third-order valence-corrected chi connectivity index (χ3v) is 5.55. The molecule has 0 saturated heterocycles. The van der Waals surface area contributed by atoms with Gasteiger partial charge < -0.3 is 18.8 Å². The van der Waals surface area contributed by atoms with E-state index in [4.69, 9.17) is 25.5 Å². The summed E-state index contributed by atoms with van der Waals surface area (Å²) in [6.45, 7) is 3.66. The molecule has 2 aromatic carbocycles. The highest BCUT2D eigenvalue weighted by molar-refractivity contribution is 6.33. The SMILES string of the molecule is Cc1nnc(-c2c(Cl)c(C)nn2-c2cccc(C(=O)N(C)c3ccc4c(c3)OCO4)c2)o1. The molecule has 2 aromatic heterocycles. The zero-order valence-corrected chi connectivity index (χ0v) is 18.3. The van der Waals surface area contributed by atoms with E-state index >= 15 is 0 Å². The van der Waals surface area contributed by atoms with Gasteiger partial charge in [-0.1, -0.05) is 17.7 Å². The molecule has 4 aromatic rings. The molecule has 0 atom stereocenters. The average Bonchev–Trinajstić information content (AvgIpc) is 3.51. The second-order valence-electron chi connectivity index (χ2n) is 7.24. The van der Waals surface area contributed by atoms with Gasteiger partial charge in [0.1, 0.15) is 5.69 Å². The van der Waals surface area contributed by atoms with Crippen LogP contribution in [0, 0.1) is 13.8 Å². The van der Waals surface area contributed by atoms with Crippen LogP contribution in [0.5, 0.6) is 11.5 Å². The maximum absolute atomic E-state index is 13.2. The molecular formula is C22H18ClN5O4. The Bertz CT molecular complexity index is 1350. The van der Waals surface area contributed by atoms with Crippen molar-refractivity contribution in [3.63, 3.8) is 0 Å². The number of benzene rings is 2. The minimum atomic E-state index is -0.198. The highest BCUT2D eigenvalue weighted by atomic mass is 35.5. The van der Waals surface area contributed by atoms with E-state index in [1.165, 1.54) is 0 Å². The molecule has 1 aliphatic rings. The topological polar surface area (TPSA) is 95.5 Å². The fourth-order valence-corrected chi connectivity index (χ4v) is 3.65. The van der Waals surface area contributed by atoms with Gasteiger partial charge in [0.2, 0.25) is 12.7 Å². The summed E-state index contributed by atoms with van der Waals surface area (Å²) in [5.74, 6) is 1.73. The Morgan fingerprint density at radius 3 is 2.69 bits per heavy atom. The number of amides is 1. The molecule has 1 aliphatic heterocycles. The monoisotopic (exact) mass is 451 g/mol. The number of carbonyl (C=O) groups excluding carboxylic acids is 1. The number of nitrogens with zero attached hydrogens (tertiary/aromatic N) is 5. The van der Waals surface area contributed by atoms with Gasteiger partial charge in [-0.05, 0) is 37.3 Å². The largest absolute Gasteiger partial charge is 0.454 e. The quantitative estimate of drug-likeness (QED) is 0.458. The maximum atomic E-state index is 13.2. The lowest BCUT2D eigenvalue weighted by molar-refractivity contribution is 0.0993. The number of hydrogen-bond acceptors (Lipinski definition) is 7. The van der Waals surface area contributed by atoms with Crippen LogP contribution in [0.2, 0.25) is 5.02 Å². The van der Waals surface area contributed by atoms with Crippen molar-refractivity contribution in [1.29, 1.82) is 0 Å². The van der Waals surface area contributed by atoms with Gasteiger partial charge in [0, 0.05) is 31.3 Å². The van der Waals surface area contributed by atoms with Gasteiger partial charge in [-0.15, -0.1) is 10.2 Å². The van der Waals surface area contributed by atoms with Crippen LogP contribution in [0.15, 0.2) is 46.9 Å². The third-order valence-electron chi connectivity index (χ3n) is 5.10. The van der Waals surface area contributed by atoms with Crippen molar-refractivity contribution in [2.24, 2.45) is 0 Å². The molecule has 5 rings (SSSR count). The van der Waals surface area contributed by atoms with E-state index in [2.05, 4.69) is 15.3 Å². The summed E-state index contributed by atoms with van der Waals surface area (Å²) in [5.41, 5.74) is 2.87. The Morgan fingerprint density at radius 1 is 1.09 bits per heavy atom. The molecule has 3 heterocycles. The molecule has 162 valence electrons. The van der Waals surface area contributed by atoms with Gasteiger partial charge in [0.15, 0.2) is 11.5 Å². The smallest absolute Gasteiger partial charge is 0.267 e. The summed E-state index contributed by atoms with van der Waals surface area (Å²) < 4.78 is 17.9. The molecule has 0 aliphatic carbocycles. The normalized spacial score (nSPS) is 12.2. The third kappa shape index (κ3) is 3.36. The zero-order chi connectivity index (χ0) is 22.4. The van der Waals surface area contributed by atoms with Crippen molar-refractivity contribution < 1.29 is 18.7 Å². The summed E-state index contributed by atoms with van der Waals surface area (Å²) in [6.07, 6.45) is 0. The fraction of sp³-hybridized carbons (Fsp3) is 0.182. The number of halogens is 1.